The smallest absolute Gasteiger partial charge is 0.174 e. The number of Topliss-reactive ketones (excluding diaryl/α,β-unsaturated/α-hetero) is 1. The maximum Gasteiger partial charge on any atom is 0.174 e. The van der Waals surface area contributed by atoms with Crippen LogP contribution >= 0.6 is 15.9 Å². The molecule has 0 aliphatic carbocycles. The lowest BCUT2D eigenvalue weighted by atomic mass is 9.81. The van der Waals surface area contributed by atoms with Gasteiger partial charge in [-0.1, -0.05) is 107 Å². The summed E-state index contributed by atoms with van der Waals surface area (Å²) >= 11 is 3.47. The molecule has 0 saturated heterocycles. The van der Waals surface area contributed by atoms with E-state index in [-0.39, 0.29) is 11.8 Å². The van der Waals surface area contributed by atoms with Gasteiger partial charge in [-0.3, -0.25) is 9.80 Å². The van der Waals surface area contributed by atoms with Crippen LogP contribution in [0.4, 0.5) is 5.69 Å². The van der Waals surface area contributed by atoms with Crippen molar-refractivity contribution in [3.63, 3.8) is 0 Å². The minimum absolute atomic E-state index is 0.0624. The number of halogens is 1. The van der Waals surface area contributed by atoms with Crippen LogP contribution in [-0.4, -0.2) is 11.5 Å². The van der Waals surface area contributed by atoms with Gasteiger partial charge in [-0.15, -0.1) is 0 Å². The van der Waals surface area contributed by atoms with Gasteiger partial charge in [-0.2, -0.15) is 5.10 Å². The van der Waals surface area contributed by atoms with E-state index in [2.05, 4.69) is 28.1 Å². The molecule has 0 fully saturated rings. The van der Waals surface area contributed by atoms with Crippen LogP contribution in [0.5, 0.6) is 0 Å². The highest BCUT2D eigenvalue weighted by atomic mass is 79.9. The lowest BCUT2D eigenvalue weighted by Crippen LogP contribution is -2.31. The molecule has 1 aliphatic rings. The molecule has 32 heavy (non-hydrogen) atoms. The fourth-order valence-corrected chi connectivity index (χ4v) is 4.49. The average molecular weight is 481 g/mol. The SMILES string of the molecule is O=C(c1ccc(Br)cc1)[C@H]1C(c2ccccc2)=NN(c2ccccc2)[C@@H]1c1ccccc1. The van der Waals surface area contributed by atoms with Crippen molar-refractivity contribution in [2.75, 3.05) is 5.01 Å². The molecule has 4 aromatic carbocycles. The molecule has 0 unspecified atom stereocenters. The third-order valence-corrected chi connectivity index (χ3v) is 6.26. The molecule has 0 spiro atoms. The summed E-state index contributed by atoms with van der Waals surface area (Å²) in [7, 11) is 0. The Morgan fingerprint density at radius 3 is 1.91 bits per heavy atom. The summed E-state index contributed by atoms with van der Waals surface area (Å²) in [5.74, 6) is -0.381. The van der Waals surface area contributed by atoms with Gasteiger partial charge in [-0.05, 0) is 35.4 Å². The highest BCUT2D eigenvalue weighted by Crippen LogP contribution is 2.42. The Kier molecular flexibility index (Phi) is 5.70. The van der Waals surface area contributed by atoms with Crippen molar-refractivity contribution in [1.29, 1.82) is 0 Å². The van der Waals surface area contributed by atoms with Gasteiger partial charge in [0.15, 0.2) is 5.78 Å². The molecule has 3 nitrogen and oxygen atoms in total. The van der Waals surface area contributed by atoms with Crippen molar-refractivity contribution in [3.05, 3.63) is 136 Å². The second kappa shape index (κ2) is 8.93. The van der Waals surface area contributed by atoms with E-state index >= 15 is 0 Å². The van der Waals surface area contributed by atoms with E-state index in [1.165, 1.54) is 0 Å². The van der Waals surface area contributed by atoms with Crippen molar-refractivity contribution < 1.29 is 4.79 Å². The van der Waals surface area contributed by atoms with Crippen LogP contribution in [-0.2, 0) is 0 Å². The molecule has 0 radical (unpaired) electrons. The van der Waals surface area contributed by atoms with Gasteiger partial charge in [0.25, 0.3) is 0 Å². The molecule has 0 amide bonds. The highest BCUT2D eigenvalue weighted by Gasteiger charge is 2.44. The van der Waals surface area contributed by atoms with Crippen molar-refractivity contribution in [3.8, 4) is 0 Å². The Labute approximate surface area is 196 Å². The summed E-state index contributed by atoms with van der Waals surface area (Å²) < 4.78 is 0.947. The number of para-hydroxylation sites is 1. The predicted molar refractivity (Wildman–Crippen MR) is 133 cm³/mol. The Bertz CT molecular complexity index is 1240. The maximum absolute atomic E-state index is 14.0. The summed E-state index contributed by atoms with van der Waals surface area (Å²) in [6, 6.07) is 37.6. The largest absolute Gasteiger partial charge is 0.293 e. The monoisotopic (exact) mass is 480 g/mol. The molecule has 2 atom stereocenters. The van der Waals surface area contributed by atoms with Crippen LogP contribution in [0.25, 0.3) is 0 Å². The van der Waals surface area contributed by atoms with Crippen LogP contribution in [0.3, 0.4) is 0 Å². The van der Waals surface area contributed by atoms with Crippen molar-refractivity contribution in [2.45, 2.75) is 6.04 Å². The number of ketones is 1. The Morgan fingerprint density at radius 2 is 1.28 bits per heavy atom. The fourth-order valence-electron chi connectivity index (χ4n) is 4.22. The molecule has 0 bridgehead atoms. The number of hydrogen-bond acceptors (Lipinski definition) is 3. The van der Waals surface area contributed by atoms with E-state index in [0.717, 1.165) is 27.0 Å². The van der Waals surface area contributed by atoms with Gasteiger partial charge >= 0.3 is 0 Å². The quantitative estimate of drug-likeness (QED) is 0.290. The first-order valence-electron chi connectivity index (χ1n) is 10.6. The summed E-state index contributed by atoms with van der Waals surface area (Å²) in [5.41, 5.74) is 4.44. The lowest BCUT2D eigenvalue weighted by Gasteiger charge is -2.28. The zero-order valence-corrected chi connectivity index (χ0v) is 18.9. The van der Waals surface area contributed by atoms with Crippen molar-refractivity contribution >= 4 is 33.1 Å². The van der Waals surface area contributed by atoms with E-state index in [1.807, 2.05) is 108 Å². The zero-order valence-electron chi connectivity index (χ0n) is 17.3. The number of anilines is 1. The van der Waals surface area contributed by atoms with Gasteiger partial charge in [0, 0.05) is 10.0 Å². The second-order valence-corrected chi connectivity index (χ2v) is 8.65. The molecule has 1 heterocycles. The van der Waals surface area contributed by atoms with E-state index in [0.29, 0.717) is 5.56 Å². The molecule has 0 aromatic heterocycles. The van der Waals surface area contributed by atoms with Gasteiger partial charge < -0.3 is 0 Å². The normalized spacial score (nSPS) is 17.8. The molecular weight excluding hydrogens is 460 g/mol. The molecule has 156 valence electrons. The number of nitrogens with zero attached hydrogens (tertiary/aromatic N) is 2. The Hall–Kier alpha value is -3.50. The summed E-state index contributed by atoms with van der Waals surface area (Å²) in [6.45, 7) is 0. The van der Waals surface area contributed by atoms with E-state index in [4.69, 9.17) is 5.10 Å². The first kappa shape index (κ1) is 20.4. The number of hydrogen-bond donors (Lipinski definition) is 0. The molecule has 4 aromatic rings. The first-order valence-corrected chi connectivity index (χ1v) is 11.3. The molecule has 0 N–H and O–H groups in total. The van der Waals surface area contributed by atoms with Gasteiger partial charge in [0.05, 0.1) is 23.4 Å². The predicted octanol–water partition coefficient (Wildman–Crippen LogP) is 6.91. The number of carbonyl (C=O) groups is 1. The van der Waals surface area contributed by atoms with Crippen molar-refractivity contribution in [2.24, 2.45) is 11.0 Å². The maximum atomic E-state index is 14.0. The fraction of sp³-hybridized carbons (Fsp3) is 0.0714. The van der Waals surface area contributed by atoms with Crippen molar-refractivity contribution in [1.82, 2.24) is 0 Å². The average Bonchev–Trinajstić information content (AvgIpc) is 3.26. The topological polar surface area (TPSA) is 32.7 Å². The zero-order chi connectivity index (χ0) is 21.9. The van der Waals surface area contributed by atoms with E-state index < -0.39 is 5.92 Å². The van der Waals surface area contributed by atoms with Crippen LogP contribution in [0.15, 0.2) is 125 Å². The Balaban J connectivity index is 1.69. The lowest BCUT2D eigenvalue weighted by molar-refractivity contribution is 0.0944. The summed E-state index contributed by atoms with van der Waals surface area (Å²) in [6.07, 6.45) is 0. The second-order valence-electron chi connectivity index (χ2n) is 7.74. The minimum Gasteiger partial charge on any atom is -0.293 e. The van der Waals surface area contributed by atoms with Crippen LogP contribution in [0, 0.1) is 5.92 Å². The third-order valence-electron chi connectivity index (χ3n) is 5.73. The van der Waals surface area contributed by atoms with Crippen LogP contribution in [0.1, 0.15) is 27.5 Å². The van der Waals surface area contributed by atoms with Gasteiger partial charge in [0.2, 0.25) is 0 Å². The number of benzene rings is 4. The number of carbonyl (C=O) groups excluding carboxylic acids is 1. The standard InChI is InChI=1S/C28H21BrN2O/c29-23-18-16-22(17-19-23)28(32)25-26(20-10-4-1-5-11-20)30-31(24-14-8-3-9-15-24)27(25)21-12-6-2-7-13-21/h1-19,25,27H/t25-,27+/m0/s1. The van der Waals surface area contributed by atoms with Crippen LogP contribution < -0.4 is 5.01 Å². The van der Waals surface area contributed by atoms with E-state index in [1.54, 1.807) is 0 Å². The molecule has 0 saturated carbocycles. The first-order chi connectivity index (χ1) is 15.7. The Morgan fingerprint density at radius 1 is 0.719 bits per heavy atom. The summed E-state index contributed by atoms with van der Waals surface area (Å²) in [4.78, 5) is 14.0. The van der Waals surface area contributed by atoms with Gasteiger partial charge in [-0.25, -0.2) is 0 Å². The molecule has 4 heteroatoms. The highest BCUT2D eigenvalue weighted by molar-refractivity contribution is 9.10. The molecule has 1 aliphatic heterocycles. The minimum atomic E-state index is -0.443. The molecular formula is C28H21BrN2O. The number of hydrazone groups is 1. The van der Waals surface area contributed by atoms with Gasteiger partial charge in [0.1, 0.15) is 0 Å². The van der Waals surface area contributed by atoms with E-state index in [9.17, 15) is 4.79 Å². The van der Waals surface area contributed by atoms with Crippen LogP contribution in [0.2, 0.25) is 0 Å². The molecule has 5 rings (SSSR count). The summed E-state index contributed by atoms with van der Waals surface area (Å²) in [5, 5.41) is 7.05. The third kappa shape index (κ3) is 3.90. The number of rotatable bonds is 5.